The largest absolute Gasteiger partial charge is 0.460 e. The molecule has 1 aliphatic heterocycles. The highest BCUT2D eigenvalue weighted by Gasteiger charge is 2.40. The summed E-state index contributed by atoms with van der Waals surface area (Å²) < 4.78 is 8.18. The molecule has 0 bridgehead atoms. The zero-order valence-corrected chi connectivity index (χ0v) is 15.8. The fraction of sp³-hybridized carbons (Fsp3) is 0.438. The van der Waals surface area contributed by atoms with Gasteiger partial charge in [0.1, 0.15) is 6.61 Å². The average Bonchev–Trinajstić information content (AvgIpc) is 3.16. The number of rotatable bonds is 4. The molecule has 1 aliphatic rings. The fourth-order valence-electron chi connectivity index (χ4n) is 3.02. The number of carbonyl (C=O) groups excluding carboxylic acids is 2. The van der Waals surface area contributed by atoms with Crippen LogP contribution in [0.4, 0.5) is 0 Å². The van der Waals surface area contributed by atoms with E-state index in [-0.39, 0.29) is 30.4 Å². The first-order chi connectivity index (χ1) is 11.5. The lowest BCUT2D eigenvalue weighted by Gasteiger charge is -2.37. The molecule has 2 aromatic rings. The molecule has 1 amide bonds. The van der Waals surface area contributed by atoms with Crippen molar-refractivity contribution in [2.75, 3.05) is 7.05 Å². The molecular formula is C16H18BrN3O3S. The fourth-order valence-corrected chi connectivity index (χ4v) is 4.21. The van der Waals surface area contributed by atoms with Gasteiger partial charge in [0.2, 0.25) is 5.91 Å². The molecule has 0 aliphatic carbocycles. The summed E-state index contributed by atoms with van der Waals surface area (Å²) in [7, 11) is 3.55. The maximum Gasteiger partial charge on any atom is 0.311 e. The van der Waals surface area contributed by atoms with Gasteiger partial charge >= 0.3 is 5.97 Å². The standard InChI is InChI=1S/C16H18BrN3O3S/c1-19-7-11(6-18-19)15-12(3-4-14(21)20(15)2)16(22)23-8-10-5-13(17)24-9-10/h5-7,9,12,15H,3-4,8H2,1-2H3. The van der Waals surface area contributed by atoms with E-state index in [1.165, 1.54) is 0 Å². The van der Waals surface area contributed by atoms with E-state index in [4.69, 9.17) is 4.74 Å². The van der Waals surface area contributed by atoms with Crippen molar-refractivity contribution in [3.05, 3.63) is 38.8 Å². The number of carbonyl (C=O) groups is 2. The lowest BCUT2D eigenvalue weighted by atomic mass is 9.86. The first-order valence-corrected chi connectivity index (χ1v) is 9.26. The number of halogens is 1. The first kappa shape index (κ1) is 17.2. The van der Waals surface area contributed by atoms with Crippen molar-refractivity contribution >= 4 is 39.1 Å². The van der Waals surface area contributed by atoms with Crippen LogP contribution in [-0.4, -0.2) is 33.6 Å². The van der Waals surface area contributed by atoms with E-state index < -0.39 is 0 Å². The minimum atomic E-state index is -0.376. The number of piperidine rings is 1. The second-order valence-corrected chi connectivity index (χ2v) is 8.20. The number of esters is 1. The lowest BCUT2D eigenvalue weighted by Crippen LogP contribution is -2.43. The zero-order valence-electron chi connectivity index (χ0n) is 13.4. The molecule has 3 heterocycles. The van der Waals surface area contributed by atoms with Gasteiger partial charge in [-0.3, -0.25) is 14.3 Å². The van der Waals surface area contributed by atoms with Crippen molar-refractivity contribution in [3.8, 4) is 0 Å². The SMILES string of the molecule is CN1C(=O)CCC(C(=O)OCc2csc(Br)c2)C1c1cnn(C)c1. The molecule has 128 valence electrons. The summed E-state index contributed by atoms with van der Waals surface area (Å²) >= 11 is 4.95. The minimum Gasteiger partial charge on any atom is -0.460 e. The van der Waals surface area contributed by atoms with Gasteiger partial charge < -0.3 is 9.64 Å². The summed E-state index contributed by atoms with van der Waals surface area (Å²) in [6, 6.07) is 1.61. The Labute approximate surface area is 152 Å². The number of aryl methyl sites for hydroxylation is 1. The Morgan fingerprint density at radius 2 is 2.29 bits per heavy atom. The van der Waals surface area contributed by atoms with Crippen molar-refractivity contribution in [2.45, 2.75) is 25.5 Å². The van der Waals surface area contributed by atoms with Crippen LogP contribution in [0.3, 0.4) is 0 Å². The lowest BCUT2D eigenvalue weighted by molar-refractivity contribution is -0.157. The van der Waals surface area contributed by atoms with E-state index in [9.17, 15) is 9.59 Å². The second kappa shape index (κ2) is 7.06. The zero-order chi connectivity index (χ0) is 17.3. The van der Waals surface area contributed by atoms with Crippen LogP contribution < -0.4 is 0 Å². The van der Waals surface area contributed by atoms with Gasteiger partial charge in [0, 0.05) is 37.8 Å². The van der Waals surface area contributed by atoms with E-state index >= 15 is 0 Å². The van der Waals surface area contributed by atoms with Crippen LogP contribution in [0.25, 0.3) is 0 Å². The summed E-state index contributed by atoms with van der Waals surface area (Å²) in [6.07, 6.45) is 4.40. The van der Waals surface area contributed by atoms with Crippen LogP contribution in [0.1, 0.15) is 30.0 Å². The molecule has 6 nitrogen and oxygen atoms in total. The topological polar surface area (TPSA) is 64.4 Å². The molecular weight excluding hydrogens is 394 g/mol. The van der Waals surface area contributed by atoms with Crippen LogP contribution in [0.5, 0.6) is 0 Å². The van der Waals surface area contributed by atoms with Crippen LogP contribution in [0.2, 0.25) is 0 Å². The molecule has 1 saturated heterocycles. The number of thiophene rings is 1. The Morgan fingerprint density at radius 1 is 1.50 bits per heavy atom. The van der Waals surface area contributed by atoms with Crippen molar-refractivity contribution in [3.63, 3.8) is 0 Å². The molecule has 1 fully saturated rings. The predicted octanol–water partition coefficient (Wildman–Crippen LogP) is 2.90. The van der Waals surface area contributed by atoms with Crippen molar-refractivity contribution < 1.29 is 14.3 Å². The Bertz CT molecular complexity index is 757. The monoisotopic (exact) mass is 411 g/mol. The van der Waals surface area contributed by atoms with Gasteiger partial charge in [0.25, 0.3) is 0 Å². The van der Waals surface area contributed by atoms with Gasteiger partial charge in [-0.05, 0) is 33.8 Å². The van der Waals surface area contributed by atoms with Gasteiger partial charge in [-0.15, -0.1) is 11.3 Å². The number of likely N-dealkylation sites (tertiary alicyclic amines) is 1. The van der Waals surface area contributed by atoms with Crippen LogP contribution in [0, 0.1) is 5.92 Å². The second-order valence-electron chi connectivity index (χ2n) is 5.91. The molecule has 8 heteroatoms. The van der Waals surface area contributed by atoms with Crippen LogP contribution >= 0.6 is 27.3 Å². The summed E-state index contributed by atoms with van der Waals surface area (Å²) in [6.45, 7) is 0.245. The third kappa shape index (κ3) is 3.54. The van der Waals surface area contributed by atoms with Gasteiger partial charge in [0.05, 0.1) is 21.9 Å². The molecule has 0 aromatic carbocycles. The summed E-state index contributed by atoms with van der Waals surface area (Å²) in [5, 5.41) is 6.12. The minimum absolute atomic E-state index is 0.0367. The summed E-state index contributed by atoms with van der Waals surface area (Å²) in [4.78, 5) is 26.3. The first-order valence-electron chi connectivity index (χ1n) is 7.59. The van der Waals surface area contributed by atoms with E-state index in [0.717, 1.165) is 14.9 Å². The van der Waals surface area contributed by atoms with Crippen molar-refractivity contribution in [1.82, 2.24) is 14.7 Å². The Kier molecular flexibility index (Phi) is 5.05. The number of hydrogen-bond donors (Lipinski definition) is 0. The van der Waals surface area contributed by atoms with E-state index in [1.807, 2.05) is 24.7 Å². The molecule has 3 rings (SSSR count). The molecule has 24 heavy (non-hydrogen) atoms. The molecule has 2 unspecified atom stereocenters. The Balaban J connectivity index is 1.75. The Morgan fingerprint density at radius 3 is 2.92 bits per heavy atom. The molecule has 2 atom stereocenters. The van der Waals surface area contributed by atoms with Gasteiger partial charge in [-0.2, -0.15) is 5.10 Å². The van der Waals surface area contributed by atoms with Gasteiger partial charge in [-0.1, -0.05) is 0 Å². The highest BCUT2D eigenvalue weighted by molar-refractivity contribution is 9.11. The van der Waals surface area contributed by atoms with E-state index in [2.05, 4.69) is 21.0 Å². The maximum atomic E-state index is 12.6. The maximum absolute atomic E-state index is 12.6. The van der Waals surface area contributed by atoms with Crippen molar-refractivity contribution in [1.29, 1.82) is 0 Å². The number of aromatic nitrogens is 2. The van der Waals surface area contributed by atoms with Crippen molar-refractivity contribution in [2.24, 2.45) is 13.0 Å². The number of hydrogen-bond acceptors (Lipinski definition) is 5. The third-order valence-corrected chi connectivity index (χ3v) is 5.79. The normalized spacial score (nSPS) is 21.1. The van der Waals surface area contributed by atoms with Gasteiger partial charge in [-0.25, -0.2) is 0 Å². The summed E-state index contributed by atoms with van der Waals surface area (Å²) in [5.74, 6) is -0.612. The highest BCUT2D eigenvalue weighted by Crippen LogP contribution is 2.36. The summed E-state index contributed by atoms with van der Waals surface area (Å²) in [5.41, 5.74) is 1.81. The van der Waals surface area contributed by atoms with E-state index in [0.29, 0.717) is 12.8 Å². The molecule has 0 N–H and O–H groups in total. The van der Waals surface area contributed by atoms with Crippen LogP contribution in [0.15, 0.2) is 27.6 Å². The highest BCUT2D eigenvalue weighted by atomic mass is 79.9. The smallest absolute Gasteiger partial charge is 0.311 e. The quantitative estimate of drug-likeness (QED) is 0.725. The molecule has 0 saturated carbocycles. The Hall–Kier alpha value is -1.67. The van der Waals surface area contributed by atoms with Gasteiger partial charge in [0.15, 0.2) is 0 Å². The molecule has 0 spiro atoms. The molecule has 0 radical (unpaired) electrons. The van der Waals surface area contributed by atoms with E-state index in [1.54, 1.807) is 34.2 Å². The molecule has 2 aromatic heterocycles. The third-order valence-electron chi connectivity index (χ3n) is 4.23. The number of amides is 1. The van der Waals surface area contributed by atoms with Crippen LogP contribution in [-0.2, 0) is 28.0 Å². The number of ether oxygens (including phenoxy) is 1. The number of nitrogens with zero attached hydrogens (tertiary/aromatic N) is 3. The average molecular weight is 412 g/mol. The predicted molar refractivity (Wildman–Crippen MR) is 93.3 cm³/mol.